The highest BCUT2D eigenvalue weighted by atomic mass is 16.6. The number of rotatable bonds is 7. The first-order chi connectivity index (χ1) is 12.7. The number of ether oxygens (including phenoxy) is 1. The second kappa shape index (κ2) is 7.86. The van der Waals surface area contributed by atoms with Gasteiger partial charge in [0.25, 0.3) is 11.6 Å². The smallest absolute Gasteiger partial charge is 0.315 e. The minimum absolute atomic E-state index is 0.0185. The van der Waals surface area contributed by atoms with Gasteiger partial charge in [0.1, 0.15) is 11.2 Å². The number of hydrogen-bond donors (Lipinski definition) is 2. The molecule has 0 aliphatic rings. The van der Waals surface area contributed by atoms with Crippen molar-refractivity contribution in [1.82, 2.24) is 5.32 Å². The third-order valence-electron chi connectivity index (χ3n) is 4.50. The Bertz CT molecular complexity index is 881. The van der Waals surface area contributed by atoms with Crippen molar-refractivity contribution in [2.45, 2.75) is 19.3 Å². The summed E-state index contributed by atoms with van der Waals surface area (Å²) in [7, 11) is 1.35. The molecule has 0 aromatic heterocycles. The lowest BCUT2D eigenvalue weighted by molar-refractivity contribution is -0.385. The van der Waals surface area contributed by atoms with Crippen LogP contribution in [0.5, 0.6) is 5.75 Å². The third kappa shape index (κ3) is 4.05. The van der Waals surface area contributed by atoms with Gasteiger partial charge in [-0.15, -0.1) is 0 Å². The first-order valence-corrected chi connectivity index (χ1v) is 8.11. The number of amides is 1. The monoisotopic (exact) mass is 372 g/mol. The van der Waals surface area contributed by atoms with E-state index in [1.54, 1.807) is 30.3 Å². The van der Waals surface area contributed by atoms with Gasteiger partial charge in [0.15, 0.2) is 0 Å². The summed E-state index contributed by atoms with van der Waals surface area (Å²) in [5, 5.41) is 23.4. The van der Waals surface area contributed by atoms with Gasteiger partial charge in [0, 0.05) is 18.2 Å². The number of nitro benzene ring substituents is 1. The third-order valence-corrected chi connectivity index (χ3v) is 4.50. The Labute approximate surface area is 155 Å². The van der Waals surface area contributed by atoms with Crippen molar-refractivity contribution in [2.24, 2.45) is 0 Å². The van der Waals surface area contributed by atoms with Crippen LogP contribution in [-0.2, 0) is 10.2 Å². The molecule has 2 aromatic carbocycles. The Morgan fingerprint density at radius 3 is 2.41 bits per heavy atom. The number of hydrogen-bond acceptors (Lipinski definition) is 5. The number of benzene rings is 2. The van der Waals surface area contributed by atoms with Crippen molar-refractivity contribution in [2.75, 3.05) is 13.7 Å². The first kappa shape index (κ1) is 19.9. The number of methoxy groups -OCH3 is 1. The number of aliphatic carboxylic acids is 1. The zero-order valence-corrected chi connectivity index (χ0v) is 15.2. The maximum absolute atomic E-state index is 12.5. The predicted octanol–water partition coefficient (Wildman–Crippen LogP) is 2.68. The van der Waals surface area contributed by atoms with E-state index >= 15 is 0 Å². The molecule has 0 fully saturated rings. The van der Waals surface area contributed by atoms with Crippen molar-refractivity contribution in [1.29, 1.82) is 0 Å². The van der Waals surface area contributed by atoms with E-state index in [-0.39, 0.29) is 23.5 Å². The molecule has 2 rings (SSSR count). The van der Waals surface area contributed by atoms with Gasteiger partial charge in [-0.05, 0) is 25.5 Å². The van der Waals surface area contributed by atoms with Gasteiger partial charge in [-0.25, -0.2) is 0 Å². The van der Waals surface area contributed by atoms with Crippen LogP contribution in [0.4, 0.5) is 5.69 Å². The normalized spacial score (nSPS) is 12.7. The van der Waals surface area contributed by atoms with Gasteiger partial charge >= 0.3 is 5.97 Å². The van der Waals surface area contributed by atoms with Crippen LogP contribution in [0, 0.1) is 17.0 Å². The highest BCUT2D eigenvalue weighted by Crippen LogP contribution is 2.29. The molecule has 1 atom stereocenters. The number of nitrogens with one attached hydrogen (secondary N) is 1. The van der Waals surface area contributed by atoms with E-state index in [9.17, 15) is 24.8 Å². The molecule has 0 aliphatic carbocycles. The molecular formula is C19H20N2O6. The molecule has 2 aromatic rings. The largest absolute Gasteiger partial charge is 0.496 e. The van der Waals surface area contributed by atoms with Gasteiger partial charge in [-0.3, -0.25) is 19.7 Å². The average Bonchev–Trinajstić information content (AvgIpc) is 2.66. The van der Waals surface area contributed by atoms with E-state index in [4.69, 9.17) is 4.74 Å². The maximum Gasteiger partial charge on any atom is 0.315 e. The summed E-state index contributed by atoms with van der Waals surface area (Å²) in [6.45, 7) is 2.84. The van der Waals surface area contributed by atoms with Crippen LogP contribution in [-0.4, -0.2) is 35.6 Å². The second-order valence-corrected chi connectivity index (χ2v) is 6.27. The average molecular weight is 372 g/mol. The van der Waals surface area contributed by atoms with Crippen LogP contribution in [0.1, 0.15) is 28.4 Å². The molecule has 0 heterocycles. The molecule has 0 bridgehead atoms. The van der Waals surface area contributed by atoms with Crippen LogP contribution >= 0.6 is 0 Å². The molecule has 142 valence electrons. The minimum Gasteiger partial charge on any atom is -0.496 e. The lowest BCUT2D eigenvalue weighted by atomic mass is 9.82. The van der Waals surface area contributed by atoms with Gasteiger partial charge in [-0.2, -0.15) is 0 Å². The van der Waals surface area contributed by atoms with E-state index in [2.05, 4.69) is 5.32 Å². The Morgan fingerprint density at radius 2 is 1.89 bits per heavy atom. The molecule has 0 saturated carbocycles. The number of carboxylic acid groups (broad SMARTS) is 1. The number of carbonyl (C=O) groups is 2. The topological polar surface area (TPSA) is 119 Å². The quantitative estimate of drug-likeness (QED) is 0.570. The predicted molar refractivity (Wildman–Crippen MR) is 98.1 cm³/mol. The fraction of sp³-hybridized carbons (Fsp3) is 0.263. The fourth-order valence-electron chi connectivity index (χ4n) is 2.67. The Morgan fingerprint density at radius 1 is 1.26 bits per heavy atom. The highest BCUT2D eigenvalue weighted by molar-refractivity contribution is 5.96. The Balaban J connectivity index is 2.30. The highest BCUT2D eigenvalue weighted by Gasteiger charge is 2.35. The van der Waals surface area contributed by atoms with E-state index in [0.29, 0.717) is 11.1 Å². The van der Waals surface area contributed by atoms with Crippen LogP contribution in [0.3, 0.4) is 0 Å². The molecule has 27 heavy (non-hydrogen) atoms. The molecule has 0 radical (unpaired) electrons. The molecule has 0 aliphatic heterocycles. The molecule has 2 N–H and O–H groups in total. The van der Waals surface area contributed by atoms with Crippen molar-refractivity contribution < 1.29 is 24.4 Å². The van der Waals surface area contributed by atoms with E-state index in [1.165, 1.54) is 27.0 Å². The van der Waals surface area contributed by atoms with Gasteiger partial charge < -0.3 is 15.2 Å². The first-order valence-electron chi connectivity index (χ1n) is 8.11. The lowest BCUT2D eigenvalue weighted by Crippen LogP contribution is -2.44. The minimum atomic E-state index is -1.35. The lowest BCUT2D eigenvalue weighted by Gasteiger charge is -2.25. The standard InChI is InChI=1S/C19H20N2O6/c1-12-15(21(25)26)9-13(10-16(12)27-3)17(22)20-11-19(2,18(23)24)14-7-5-4-6-8-14/h4-10H,11H2,1-3H3,(H,20,22)(H,23,24). The molecule has 1 unspecified atom stereocenters. The molecule has 0 spiro atoms. The summed E-state index contributed by atoms with van der Waals surface area (Å²) in [6, 6.07) is 11.1. The van der Waals surface area contributed by atoms with Crippen molar-refractivity contribution in [3.05, 3.63) is 69.3 Å². The Hall–Kier alpha value is -3.42. The molecule has 8 nitrogen and oxygen atoms in total. The zero-order chi connectivity index (χ0) is 20.2. The van der Waals surface area contributed by atoms with Gasteiger partial charge in [-0.1, -0.05) is 30.3 Å². The number of nitrogens with zero attached hydrogens (tertiary/aromatic N) is 1. The van der Waals surface area contributed by atoms with E-state index in [1.807, 2.05) is 0 Å². The summed E-state index contributed by atoms with van der Waals surface area (Å²) in [4.78, 5) is 34.9. The summed E-state index contributed by atoms with van der Waals surface area (Å²) >= 11 is 0. The number of carboxylic acids is 1. The molecule has 8 heteroatoms. The van der Waals surface area contributed by atoms with Crippen LogP contribution in [0.15, 0.2) is 42.5 Å². The van der Waals surface area contributed by atoms with Crippen LogP contribution < -0.4 is 10.1 Å². The summed E-state index contributed by atoms with van der Waals surface area (Å²) in [5.74, 6) is -1.51. The summed E-state index contributed by atoms with van der Waals surface area (Å²) in [5.41, 5.74) is -0.741. The molecular weight excluding hydrogens is 352 g/mol. The second-order valence-electron chi connectivity index (χ2n) is 6.27. The Kier molecular flexibility index (Phi) is 5.79. The van der Waals surface area contributed by atoms with Crippen molar-refractivity contribution in [3.8, 4) is 5.75 Å². The van der Waals surface area contributed by atoms with E-state index < -0.39 is 22.2 Å². The van der Waals surface area contributed by atoms with Gasteiger partial charge in [0.05, 0.1) is 17.6 Å². The summed E-state index contributed by atoms with van der Waals surface area (Å²) in [6.07, 6.45) is 0. The SMILES string of the molecule is COc1cc(C(=O)NCC(C)(C(=O)O)c2ccccc2)cc([N+](=O)[O-])c1C. The number of carbonyl (C=O) groups excluding carboxylic acids is 1. The zero-order valence-electron chi connectivity index (χ0n) is 15.2. The maximum atomic E-state index is 12.5. The molecule has 0 saturated heterocycles. The van der Waals surface area contributed by atoms with Crippen LogP contribution in [0.2, 0.25) is 0 Å². The summed E-state index contributed by atoms with van der Waals surface area (Å²) < 4.78 is 5.10. The van der Waals surface area contributed by atoms with E-state index in [0.717, 1.165) is 6.07 Å². The van der Waals surface area contributed by atoms with Gasteiger partial charge in [0.2, 0.25) is 0 Å². The van der Waals surface area contributed by atoms with Crippen molar-refractivity contribution in [3.63, 3.8) is 0 Å². The number of nitro groups is 1. The molecule has 1 amide bonds. The van der Waals surface area contributed by atoms with Crippen LogP contribution in [0.25, 0.3) is 0 Å². The van der Waals surface area contributed by atoms with Crippen molar-refractivity contribution >= 4 is 17.6 Å². The fourth-order valence-corrected chi connectivity index (χ4v) is 2.67.